The number of carbonyl (C=O) groups excluding carboxylic acids is 3. The van der Waals surface area contributed by atoms with Crippen LogP contribution in [-0.2, 0) is 28.6 Å². The normalized spacial score (nSPS) is 12.5. The lowest BCUT2D eigenvalue weighted by Crippen LogP contribution is -2.30. The van der Waals surface area contributed by atoms with Crippen molar-refractivity contribution in [2.24, 2.45) is 0 Å². The van der Waals surface area contributed by atoms with E-state index in [1.54, 1.807) is 0 Å². The third kappa shape index (κ3) is 48.0. The fraction of sp³-hybridized carbons (Fsp3) is 0.764. The Bertz CT molecular complexity index is 1120. The molecule has 0 fully saturated rings. The maximum atomic E-state index is 12.8. The first-order chi connectivity index (χ1) is 30.0. The van der Waals surface area contributed by atoms with Gasteiger partial charge in [-0.1, -0.05) is 210 Å². The van der Waals surface area contributed by atoms with Gasteiger partial charge in [0.05, 0.1) is 0 Å². The molecule has 1 atom stereocenters. The molecule has 0 saturated heterocycles. The van der Waals surface area contributed by atoms with Gasteiger partial charge in [-0.05, 0) is 83.5 Å². The van der Waals surface area contributed by atoms with Crippen LogP contribution in [0.4, 0.5) is 0 Å². The summed E-state index contributed by atoms with van der Waals surface area (Å²) in [5.74, 6) is -0.956. The lowest BCUT2D eigenvalue weighted by atomic mass is 10.0. The van der Waals surface area contributed by atoms with Crippen LogP contribution in [0.2, 0.25) is 0 Å². The maximum Gasteiger partial charge on any atom is 0.306 e. The van der Waals surface area contributed by atoms with Gasteiger partial charge in [-0.2, -0.15) is 0 Å². The number of esters is 3. The van der Waals surface area contributed by atoms with Crippen LogP contribution < -0.4 is 0 Å². The molecule has 0 heterocycles. The van der Waals surface area contributed by atoms with Gasteiger partial charge in [-0.3, -0.25) is 14.4 Å². The Morgan fingerprint density at radius 1 is 0.328 bits per heavy atom. The van der Waals surface area contributed by atoms with Gasteiger partial charge >= 0.3 is 17.9 Å². The second kappa shape index (κ2) is 49.8. The molecule has 0 N–H and O–H groups in total. The Labute approximate surface area is 377 Å². The minimum absolute atomic E-state index is 0.0938. The summed E-state index contributed by atoms with van der Waals surface area (Å²) in [7, 11) is 0. The van der Waals surface area contributed by atoms with Gasteiger partial charge in [-0.25, -0.2) is 0 Å². The van der Waals surface area contributed by atoms with Crippen molar-refractivity contribution in [2.45, 2.75) is 258 Å². The second-order valence-corrected chi connectivity index (χ2v) is 17.1. The fourth-order valence-electron chi connectivity index (χ4n) is 7.08. The lowest BCUT2D eigenvalue weighted by molar-refractivity contribution is -0.167. The van der Waals surface area contributed by atoms with E-state index in [-0.39, 0.29) is 37.5 Å². The zero-order valence-electron chi connectivity index (χ0n) is 40.2. The molecule has 61 heavy (non-hydrogen) atoms. The molecule has 0 aromatic carbocycles. The molecule has 0 saturated carbocycles. The third-order valence-corrected chi connectivity index (χ3v) is 11.0. The van der Waals surface area contributed by atoms with Crippen molar-refractivity contribution in [3.8, 4) is 0 Å². The SMILES string of the molecule is CCCCC/C=C\C/C=C\C/C=C\C/C=C\CCCC(=O)OC[C@@H](COC(=O)CCCCCCC/C=C\CCCCC)OC(=O)CCCCCCCCCCCCCCCC. The summed E-state index contributed by atoms with van der Waals surface area (Å²) in [4.78, 5) is 37.9. The van der Waals surface area contributed by atoms with E-state index in [0.29, 0.717) is 19.3 Å². The smallest absolute Gasteiger partial charge is 0.306 e. The van der Waals surface area contributed by atoms with Crippen LogP contribution in [0.25, 0.3) is 0 Å². The standard InChI is InChI=1S/C55H96O6/c1-4-7-10-13-16-19-22-25-27-28-29-31-33-36-39-42-45-48-54(57)60-51-52(50-59-53(56)47-44-41-38-35-32-24-21-18-15-12-9-6-3)61-55(58)49-46-43-40-37-34-30-26-23-20-17-14-11-8-5-2/h16,18-19,21,25,27,29,31,36,39,52H,4-15,17,20,22-24,26,28,30,32-35,37-38,40-51H2,1-3H3/b19-16-,21-18-,27-25-,31-29-,39-36-/t52-/m1/s1. The molecular weight excluding hydrogens is 757 g/mol. The van der Waals surface area contributed by atoms with Gasteiger partial charge in [0.15, 0.2) is 6.10 Å². The molecule has 0 aromatic heterocycles. The summed E-state index contributed by atoms with van der Waals surface area (Å²) in [6, 6.07) is 0. The average molecular weight is 853 g/mol. The monoisotopic (exact) mass is 853 g/mol. The van der Waals surface area contributed by atoms with Crippen LogP contribution in [0.15, 0.2) is 60.8 Å². The summed E-state index contributed by atoms with van der Waals surface area (Å²) in [5, 5.41) is 0. The second-order valence-electron chi connectivity index (χ2n) is 17.1. The first-order valence-electron chi connectivity index (χ1n) is 25.8. The zero-order valence-corrected chi connectivity index (χ0v) is 40.2. The molecule has 0 amide bonds. The van der Waals surface area contributed by atoms with Crippen molar-refractivity contribution in [1.82, 2.24) is 0 Å². The molecule has 0 aliphatic carbocycles. The average Bonchev–Trinajstić information content (AvgIpc) is 3.26. The number of carbonyl (C=O) groups is 3. The summed E-state index contributed by atoms with van der Waals surface area (Å²) in [6.07, 6.45) is 60.6. The van der Waals surface area contributed by atoms with Gasteiger partial charge in [-0.15, -0.1) is 0 Å². The quantitative estimate of drug-likeness (QED) is 0.0263. The molecule has 0 aliphatic rings. The van der Waals surface area contributed by atoms with E-state index in [9.17, 15) is 14.4 Å². The van der Waals surface area contributed by atoms with Crippen LogP contribution >= 0.6 is 0 Å². The van der Waals surface area contributed by atoms with E-state index in [1.807, 2.05) is 0 Å². The van der Waals surface area contributed by atoms with Crippen molar-refractivity contribution >= 4 is 17.9 Å². The van der Waals surface area contributed by atoms with Gasteiger partial charge in [0.25, 0.3) is 0 Å². The molecule has 0 aliphatic heterocycles. The van der Waals surface area contributed by atoms with E-state index in [1.165, 1.54) is 135 Å². The van der Waals surface area contributed by atoms with Gasteiger partial charge in [0, 0.05) is 19.3 Å². The first kappa shape index (κ1) is 58.1. The van der Waals surface area contributed by atoms with E-state index >= 15 is 0 Å². The van der Waals surface area contributed by atoms with E-state index in [2.05, 4.69) is 81.5 Å². The Balaban J connectivity index is 4.46. The molecule has 352 valence electrons. The van der Waals surface area contributed by atoms with Crippen LogP contribution in [0.3, 0.4) is 0 Å². The highest BCUT2D eigenvalue weighted by atomic mass is 16.6. The topological polar surface area (TPSA) is 78.9 Å². The number of unbranched alkanes of at least 4 members (excludes halogenated alkanes) is 25. The Kier molecular flexibility index (Phi) is 47.4. The van der Waals surface area contributed by atoms with Crippen molar-refractivity contribution < 1.29 is 28.6 Å². The molecular formula is C55H96O6. The van der Waals surface area contributed by atoms with Crippen molar-refractivity contribution in [2.75, 3.05) is 13.2 Å². The maximum absolute atomic E-state index is 12.8. The van der Waals surface area contributed by atoms with Crippen molar-refractivity contribution in [3.63, 3.8) is 0 Å². The van der Waals surface area contributed by atoms with E-state index in [4.69, 9.17) is 14.2 Å². The third-order valence-electron chi connectivity index (χ3n) is 11.0. The van der Waals surface area contributed by atoms with Gasteiger partial charge < -0.3 is 14.2 Å². The molecule has 0 bridgehead atoms. The zero-order chi connectivity index (χ0) is 44.4. The number of allylic oxidation sites excluding steroid dienone is 10. The summed E-state index contributed by atoms with van der Waals surface area (Å²) < 4.78 is 16.7. The Morgan fingerprint density at radius 3 is 1.03 bits per heavy atom. The van der Waals surface area contributed by atoms with Crippen LogP contribution in [-0.4, -0.2) is 37.2 Å². The highest BCUT2D eigenvalue weighted by Crippen LogP contribution is 2.15. The van der Waals surface area contributed by atoms with Crippen LogP contribution in [0.1, 0.15) is 252 Å². The lowest BCUT2D eigenvalue weighted by Gasteiger charge is -2.18. The molecule has 0 aromatic rings. The number of rotatable bonds is 46. The summed E-state index contributed by atoms with van der Waals surface area (Å²) >= 11 is 0. The van der Waals surface area contributed by atoms with Crippen molar-refractivity contribution in [3.05, 3.63) is 60.8 Å². The molecule has 6 heteroatoms. The number of hydrogen-bond acceptors (Lipinski definition) is 6. The van der Waals surface area contributed by atoms with Crippen LogP contribution in [0, 0.1) is 0 Å². The van der Waals surface area contributed by atoms with Gasteiger partial charge in [0.2, 0.25) is 0 Å². The highest BCUT2D eigenvalue weighted by Gasteiger charge is 2.19. The molecule has 0 spiro atoms. The summed E-state index contributed by atoms with van der Waals surface area (Å²) in [5.41, 5.74) is 0. The predicted molar refractivity (Wildman–Crippen MR) is 261 cm³/mol. The Hall–Kier alpha value is -2.89. The van der Waals surface area contributed by atoms with E-state index in [0.717, 1.165) is 70.6 Å². The number of hydrogen-bond donors (Lipinski definition) is 0. The minimum Gasteiger partial charge on any atom is -0.462 e. The largest absolute Gasteiger partial charge is 0.462 e. The molecule has 6 nitrogen and oxygen atoms in total. The predicted octanol–water partition coefficient (Wildman–Crippen LogP) is 16.9. The first-order valence-corrected chi connectivity index (χ1v) is 25.8. The molecule has 0 unspecified atom stereocenters. The van der Waals surface area contributed by atoms with Crippen molar-refractivity contribution in [1.29, 1.82) is 0 Å². The highest BCUT2D eigenvalue weighted by molar-refractivity contribution is 5.71. The van der Waals surface area contributed by atoms with Crippen LogP contribution in [0.5, 0.6) is 0 Å². The minimum atomic E-state index is -0.796. The van der Waals surface area contributed by atoms with Gasteiger partial charge in [0.1, 0.15) is 13.2 Å². The fourth-order valence-corrected chi connectivity index (χ4v) is 7.08. The Morgan fingerprint density at radius 2 is 0.607 bits per heavy atom. The molecule has 0 radical (unpaired) electrons. The number of ether oxygens (including phenoxy) is 3. The van der Waals surface area contributed by atoms with E-state index < -0.39 is 6.10 Å². The molecule has 0 rings (SSSR count). The summed E-state index contributed by atoms with van der Waals surface area (Å²) in [6.45, 7) is 6.54.